The number of benzene rings is 1. The van der Waals surface area contributed by atoms with Gasteiger partial charge in [0.25, 0.3) is 0 Å². The summed E-state index contributed by atoms with van der Waals surface area (Å²) in [5.74, 6) is -0.308. The van der Waals surface area contributed by atoms with Crippen LogP contribution in [0.15, 0.2) is 60.0 Å². The predicted octanol–water partition coefficient (Wildman–Crippen LogP) is -0.130. The summed E-state index contributed by atoms with van der Waals surface area (Å²) in [6, 6.07) is 6.65. The van der Waals surface area contributed by atoms with Crippen molar-refractivity contribution < 1.29 is 40.5 Å². The molecule has 8 rings (SSSR count). The van der Waals surface area contributed by atoms with Crippen molar-refractivity contribution in [3.05, 3.63) is 65.5 Å². The second-order valence-corrected chi connectivity index (χ2v) is 13.7. The minimum absolute atomic E-state index is 0.0549. The molecule has 224 valence electrons. The lowest BCUT2D eigenvalue weighted by Crippen LogP contribution is -2.70. The second kappa shape index (κ2) is 8.68. The summed E-state index contributed by atoms with van der Waals surface area (Å²) in [6.07, 6.45) is 1.96. The van der Waals surface area contributed by atoms with Crippen LogP contribution in [0.2, 0.25) is 0 Å². The van der Waals surface area contributed by atoms with Crippen molar-refractivity contribution in [2.45, 2.75) is 92.1 Å². The molecule has 2 aromatic rings. The molecule has 1 aromatic heterocycles. The molecule has 2 saturated heterocycles. The van der Waals surface area contributed by atoms with E-state index in [0.29, 0.717) is 30.4 Å². The molecule has 4 fully saturated rings. The third kappa shape index (κ3) is 3.12. The SMILES string of the molecule is C[C@]12CC=C3C=C4C(O)C(O)[C@@H](N5C[C@H](O)[C@@H](O)C5)C(O)[C@]45CCC3(O5)[C@@H]1C[C@@H](O)[C@]2(O)c1ccc2ccncc2c1. The first-order valence-corrected chi connectivity index (χ1v) is 15.0. The van der Waals surface area contributed by atoms with E-state index < -0.39 is 64.9 Å². The second-order valence-electron chi connectivity index (χ2n) is 13.7. The molecule has 3 aliphatic carbocycles. The smallest absolute Gasteiger partial charge is 0.121 e. The van der Waals surface area contributed by atoms with Crippen LogP contribution < -0.4 is 0 Å². The number of rotatable bonds is 2. The maximum absolute atomic E-state index is 12.5. The van der Waals surface area contributed by atoms with Crippen LogP contribution in [-0.4, -0.2) is 113 Å². The highest BCUT2D eigenvalue weighted by Crippen LogP contribution is 2.70. The summed E-state index contributed by atoms with van der Waals surface area (Å²) in [5, 5.41) is 80.9. The van der Waals surface area contributed by atoms with E-state index in [9.17, 15) is 35.7 Å². The zero-order valence-electron chi connectivity index (χ0n) is 23.4. The fraction of sp³-hybridized carbons (Fsp3) is 0.594. The largest absolute Gasteiger partial charge is 0.390 e. The van der Waals surface area contributed by atoms with Crippen LogP contribution in [0.1, 0.15) is 38.2 Å². The molecule has 7 N–H and O–H groups in total. The number of hydrogen-bond donors (Lipinski definition) is 7. The molecule has 3 aliphatic heterocycles. The van der Waals surface area contributed by atoms with Gasteiger partial charge in [-0.3, -0.25) is 9.88 Å². The fourth-order valence-electron chi connectivity index (χ4n) is 9.77. The molecular weight excluding hydrogens is 540 g/mol. The number of likely N-dealkylation sites (tertiary alicyclic amines) is 1. The molecule has 6 aliphatic rings. The topological polar surface area (TPSA) is 167 Å². The number of aliphatic hydroxyl groups excluding tert-OH is 6. The summed E-state index contributed by atoms with van der Waals surface area (Å²) >= 11 is 0. The van der Waals surface area contributed by atoms with E-state index in [2.05, 4.69) is 4.98 Å². The fourth-order valence-corrected chi connectivity index (χ4v) is 9.77. The molecule has 0 radical (unpaired) electrons. The first-order valence-electron chi connectivity index (χ1n) is 15.0. The van der Waals surface area contributed by atoms with Crippen LogP contribution in [0.5, 0.6) is 0 Å². The average molecular weight is 579 g/mol. The van der Waals surface area contributed by atoms with Crippen molar-refractivity contribution >= 4 is 10.8 Å². The Morgan fingerprint density at radius 2 is 1.69 bits per heavy atom. The standard InChI is InChI=1S/C32H38N2O8/c1-29-6-4-18-11-20-26(38)27(39)25(34-14-21(35)22(36)15-34)28(40)31(20)8-7-30(18,42-31)23(29)12-24(37)32(29,41)19-3-2-16-5-9-33-13-17(16)10-19/h2-5,9-11,13,21-28,35-41H,6-8,12,14-15H2,1H3/t21-,22-,23+,24+,25+,26?,27?,28?,29-,30?,31-,32+/m0/s1. The molecule has 4 unspecified atom stereocenters. The highest BCUT2D eigenvalue weighted by atomic mass is 16.5. The van der Waals surface area contributed by atoms with Gasteiger partial charge in [-0.2, -0.15) is 0 Å². The Balaban J connectivity index is 1.21. The predicted molar refractivity (Wildman–Crippen MR) is 150 cm³/mol. The first kappa shape index (κ1) is 27.3. The van der Waals surface area contributed by atoms with Crippen molar-refractivity contribution in [1.29, 1.82) is 0 Å². The number of nitrogens with zero attached hydrogens (tertiary/aromatic N) is 2. The van der Waals surface area contributed by atoms with Crippen molar-refractivity contribution in [3.8, 4) is 0 Å². The summed E-state index contributed by atoms with van der Waals surface area (Å²) in [5.41, 5.74) is -2.71. The van der Waals surface area contributed by atoms with Gasteiger partial charge in [-0.05, 0) is 59.9 Å². The molecule has 10 heteroatoms. The van der Waals surface area contributed by atoms with Crippen LogP contribution >= 0.6 is 0 Å². The number of pyridine rings is 1. The van der Waals surface area contributed by atoms with Gasteiger partial charge < -0.3 is 40.5 Å². The van der Waals surface area contributed by atoms with Gasteiger partial charge in [-0.1, -0.05) is 31.2 Å². The molecule has 2 saturated carbocycles. The van der Waals surface area contributed by atoms with Crippen LogP contribution in [0.25, 0.3) is 10.8 Å². The van der Waals surface area contributed by atoms with E-state index in [4.69, 9.17) is 4.74 Å². The number of hydrogen-bond acceptors (Lipinski definition) is 10. The number of ether oxygens (including phenoxy) is 1. The van der Waals surface area contributed by atoms with E-state index in [1.165, 1.54) is 0 Å². The average Bonchev–Trinajstić information content (AvgIpc) is 3.56. The number of aliphatic hydroxyl groups is 7. The molecule has 2 bridgehead atoms. The zero-order valence-corrected chi connectivity index (χ0v) is 23.4. The molecule has 10 nitrogen and oxygen atoms in total. The third-order valence-electron chi connectivity index (χ3n) is 12.0. The lowest BCUT2D eigenvalue weighted by atomic mass is 9.56. The van der Waals surface area contributed by atoms with Crippen molar-refractivity contribution in [1.82, 2.24) is 9.88 Å². The first-order chi connectivity index (χ1) is 20.0. The van der Waals surface area contributed by atoms with Crippen LogP contribution in [0.3, 0.4) is 0 Å². The highest BCUT2D eigenvalue weighted by molar-refractivity contribution is 5.82. The van der Waals surface area contributed by atoms with Gasteiger partial charge in [0, 0.05) is 42.2 Å². The van der Waals surface area contributed by atoms with Crippen LogP contribution in [-0.2, 0) is 10.3 Å². The maximum Gasteiger partial charge on any atom is 0.121 e. The Kier molecular flexibility index (Phi) is 5.65. The van der Waals surface area contributed by atoms with Gasteiger partial charge in [0.2, 0.25) is 0 Å². The lowest BCUT2D eigenvalue weighted by Gasteiger charge is -2.58. The Morgan fingerprint density at radius 3 is 2.45 bits per heavy atom. The Bertz CT molecular complexity index is 1520. The Hall–Kier alpha value is -2.25. The van der Waals surface area contributed by atoms with Gasteiger partial charge in [0.05, 0.1) is 30.0 Å². The van der Waals surface area contributed by atoms with Crippen molar-refractivity contribution in [3.63, 3.8) is 0 Å². The van der Waals surface area contributed by atoms with Gasteiger partial charge in [0.1, 0.15) is 29.5 Å². The monoisotopic (exact) mass is 578 g/mol. The Morgan fingerprint density at radius 1 is 0.952 bits per heavy atom. The number of aromatic nitrogens is 1. The van der Waals surface area contributed by atoms with Gasteiger partial charge in [-0.25, -0.2) is 0 Å². The van der Waals surface area contributed by atoms with E-state index in [-0.39, 0.29) is 25.4 Å². The highest BCUT2D eigenvalue weighted by Gasteiger charge is 2.75. The molecule has 1 aromatic carbocycles. The van der Waals surface area contributed by atoms with Crippen LogP contribution in [0, 0.1) is 11.3 Å². The summed E-state index contributed by atoms with van der Waals surface area (Å²) in [6.45, 7) is 2.11. The van der Waals surface area contributed by atoms with E-state index in [0.717, 1.165) is 16.3 Å². The minimum atomic E-state index is -1.58. The van der Waals surface area contributed by atoms with Crippen molar-refractivity contribution in [2.75, 3.05) is 13.1 Å². The summed E-state index contributed by atoms with van der Waals surface area (Å²) in [7, 11) is 0. The van der Waals surface area contributed by atoms with Gasteiger partial charge in [0.15, 0.2) is 0 Å². The molecule has 2 spiro atoms. The van der Waals surface area contributed by atoms with Crippen molar-refractivity contribution in [2.24, 2.45) is 11.3 Å². The molecule has 0 amide bonds. The zero-order chi connectivity index (χ0) is 29.4. The quantitative estimate of drug-likeness (QED) is 0.255. The molecule has 42 heavy (non-hydrogen) atoms. The number of allylic oxidation sites excluding steroid dienone is 1. The third-order valence-corrected chi connectivity index (χ3v) is 12.0. The van der Waals surface area contributed by atoms with Gasteiger partial charge >= 0.3 is 0 Å². The Labute approximate surface area is 243 Å². The van der Waals surface area contributed by atoms with E-state index >= 15 is 0 Å². The number of fused-ring (bicyclic) bond motifs is 2. The molecular formula is C32H38N2O8. The maximum atomic E-state index is 12.5. The minimum Gasteiger partial charge on any atom is -0.390 e. The van der Waals surface area contributed by atoms with Crippen LogP contribution in [0.4, 0.5) is 0 Å². The number of β-amino-alcohol motifs (C(OH)–C–C–N with tert-alkyl or cyclic N) is 2. The van der Waals surface area contributed by atoms with Gasteiger partial charge in [-0.15, -0.1) is 0 Å². The summed E-state index contributed by atoms with van der Waals surface area (Å²) in [4.78, 5) is 5.87. The molecule has 12 atom stereocenters. The van der Waals surface area contributed by atoms with E-state index in [1.54, 1.807) is 17.3 Å². The summed E-state index contributed by atoms with van der Waals surface area (Å²) < 4.78 is 7.04. The molecule has 4 heterocycles. The lowest BCUT2D eigenvalue weighted by molar-refractivity contribution is -0.222. The normalized spacial score (nSPS) is 49.8. The van der Waals surface area contributed by atoms with E-state index in [1.807, 2.05) is 43.3 Å².